The monoisotopic (exact) mass is 857 g/mol. The topological polar surface area (TPSA) is 78.9 Å². The molecule has 0 heterocycles. The Morgan fingerprint density at radius 3 is 1.10 bits per heavy atom. The van der Waals surface area contributed by atoms with Crippen LogP contribution in [0.1, 0.15) is 194 Å². The lowest BCUT2D eigenvalue weighted by Crippen LogP contribution is -2.30. The molecule has 0 saturated carbocycles. The molecule has 6 heteroatoms. The van der Waals surface area contributed by atoms with Crippen molar-refractivity contribution in [2.75, 3.05) is 13.2 Å². The molecule has 0 N–H and O–H groups in total. The van der Waals surface area contributed by atoms with Crippen LogP contribution in [-0.4, -0.2) is 37.2 Å². The molecule has 0 fully saturated rings. The van der Waals surface area contributed by atoms with Crippen LogP contribution in [0, 0.1) is 0 Å². The predicted octanol–water partition coefficient (Wildman–Crippen LogP) is 16.1. The summed E-state index contributed by atoms with van der Waals surface area (Å²) in [5.74, 6) is -0.997. The molecular weight excluding hydrogens is 769 g/mol. The molecule has 0 amide bonds. The van der Waals surface area contributed by atoms with Gasteiger partial charge in [-0.2, -0.15) is 0 Å². The summed E-state index contributed by atoms with van der Waals surface area (Å²) < 4.78 is 16.7. The molecule has 0 radical (unpaired) electrons. The van der Waals surface area contributed by atoms with Crippen LogP contribution in [-0.2, 0) is 28.6 Å². The van der Waals surface area contributed by atoms with Gasteiger partial charge >= 0.3 is 17.9 Å². The zero-order valence-corrected chi connectivity index (χ0v) is 39.6. The van der Waals surface area contributed by atoms with Crippen LogP contribution in [0.4, 0.5) is 0 Å². The minimum atomic E-state index is -0.816. The number of ether oxygens (including phenoxy) is 3. The van der Waals surface area contributed by atoms with Gasteiger partial charge in [-0.05, 0) is 83.5 Å². The van der Waals surface area contributed by atoms with E-state index < -0.39 is 6.10 Å². The molecule has 0 aliphatic rings. The van der Waals surface area contributed by atoms with Crippen molar-refractivity contribution < 1.29 is 28.6 Å². The first kappa shape index (κ1) is 57.8. The molecule has 6 nitrogen and oxygen atoms in total. The standard InChI is InChI=1S/C56H88O6/c1-4-7-10-13-16-19-22-24-26-27-28-30-31-34-37-40-43-46-49-55(58)61-52-53(51-60-54(57)48-45-42-39-36-33-21-18-15-12-9-6-3)62-56(59)50-47-44-41-38-35-32-29-25-23-20-17-14-11-8-5-2/h8,11,14-20,22-30,32,35,53H,4-7,9-10,12-13,21,31,33-34,36-52H2,1-3H3/b11-8-,17-14-,18-15-,19-16-,23-20-,24-22-,27-26-,29-25-,30-28-,35-32-. The third-order valence-electron chi connectivity index (χ3n) is 9.89. The van der Waals surface area contributed by atoms with E-state index in [9.17, 15) is 14.4 Å². The molecule has 348 valence electrons. The van der Waals surface area contributed by atoms with Crippen LogP contribution in [0.5, 0.6) is 0 Å². The molecule has 0 rings (SSSR count). The maximum atomic E-state index is 12.8. The van der Waals surface area contributed by atoms with E-state index in [1.54, 1.807) is 0 Å². The molecule has 0 aromatic rings. The predicted molar refractivity (Wildman–Crippen MR) is 265 cm³/mol. The van der Waals surface area contributed by atoms with E-state index in [-0.39, 0.29) is 37.5 Å². The summed E-state index contributed by atoms with van der Waals surface area (Å²) in [7, 11) is 0. The number of unbranched alkanes of at least 4 members (excludes halogenated alkanes) is 18. The lowest BCUT2D eigenvalue weighted by molar-refractivity contribution is -0.167. The first-order valence-electron chi connectivity index (χ1n) is 24.7. The Balaban J connectivity index is 4.54. The average Bonchev–Trinajstić information content (AvgIpc) is 3.27. The molecule has 0 aromatic heterocycles. The second kappa shape index (κ2) is 49.5. The molecule has 1 atom stereocenters. The van der Waals surface area contributed by atoms with E-state index in [1.165, 1.54) is 44.9 Å². The van der Waals surface area contributed by atoms with E-state index in [4.69, 9.17) is 14.2 Å². The number of hydrogen-bond acceptors (Lipinski definition) is 6. The second-order valence-electron chi connectivity index (χ2n) is 15.8. The van der Waals surface area contributed by atoms with Crippen molar-refractivity contribution in [1.82, 2.24) is 0 Å². The highest BCUT2D eigenvalue weighted by Gasteiger charge is 2.19. The minimum absolute atomic E-state index is 0.112. The van der Waals surface area contributed by atoms with Gasteiger partial charge in [-0.1, -0.05) is 213 Å². The Bertz CT molecular complexity index is 1350. The molecule has 62 heavy (non-hydrogen) atoms. The fraction of sp³-hybridized carbons (Fsp3) is 0.589. The number of esters is 3. The van der Waals surface area contributed by atoms with Gasteiger partial charge in [-0.3, -0.25) is 14.4 Å². The SMILES string of the molecule is CC\C=C/C=C\C=C/C=C\C=C/CCCCCC(=O)OC(COC(=O)CCCCCCC\C=C/C=C\C=C/C=C\CCCCC)COC(=O)CCCCCCC/C=C\CCCC. The highest BCUT2D eigenvalue weighted by Crippen LogP contribution is 2.12. The van der Waals surface area contributed by atoms with Gasteiger partial charge in [-0.15, -0.1) is 0 Å². The van der Waals surface area contributed by atoms with Crippen LogP contribution in [0.25, 0.3) is 0 Å². The van der Waals surface area contributed by atoms with Crippen molar-refractivity contribution in [3.63, 3.8) is 0 Å². The van der Waals surface area contributed by atoms with Crippen LogP contribution >= 0.6 is 0 Å². The van der Waals surface area contributed by atoms with Crippen molar-refractivity contribution in [2.45, 2.75) is 200 Å². The molecule has 0 spiro atoms. The summed E-state index contributed by atoms with van der Waals surface area (Å²) >= 11 is 0. The number of carbonyl (C=O) groups excluding carboxylic acids is 3. The van der Waals surface area contributed by atoms with Crippen molar-refractivity contribution >= 4 is 17.9 Å². The zero-order valence-electron chi connectivity index (χ0n) is 39.6. The minimum Gasteiger partial charge on any atom is -0.462 e. The van der Waals surface area contributed by atoms with Gasteiger partial charge in [0.05, 0.1) is 0 Å². The van der Waals surface area contributed by atoms with E-state index in [2.05, 4.69) is 93.7 Å². The van der Waals surface area contributed by atoms with Crippen molar-refractivity contribution in [2.24, 2.45) is 0 Å². The number of carbonyl (C=O) groups is 3. The van der Waals surface area contributed by atoms with Crippen molar-refractivity contribution in [3.8, 4) is 0 Å². The molecule has 0 bridgehead atoms. The normalized spacial score (nSPS) is 13.1. The van der Waals surface area contributed by atoms with Crippen LogP contribution in [0.15, 0.2) is 122 Å². The van der Waals surface area contributed by atoms with Gasteiger partial charge in [0.25, 0.3) is 0 Å². The summed E-state index contributed by atoms with van der Waals surface area (Å²) in [5, 5.41) is 0. The summed E-state index contributed by atoms with van der Waals surface area (Å²) in [6.07, 6.45) is 67.4. The highest BCUT2D eigenvalue weighted by molar-refractivity contribution is 5.71. The Hall–Kier alpha value is -4.19. The molecule has 0 saturated heterocycles. The zero-order chi connectivity index (χ0) is 45.1. The molecule has 0 aliphatic carbocycles. The number of rotatable bonds is 42. The maximum Gasteiger partial charge on any atom is 0.306 e. The van der Waals surface area contributed by atoms with Crippen LogP contribution < -0.4 is 0 Å². The van der Waals surface area contributed by atoms with Gasteiger partial charge in [-0.25, -0.2) is 0 Å². The smallest absolute Gasteiger partial charge is 0.306 e. The number of hydrogen-bond donors (Lipinski definition) is 0. The summed E-state index contributed by atoms with van der Waals surface area (Å²) in [6, 6.07) is 0. The number of allylic oxidation sites excluding steroid dienone is 20. The fourth-order valence-corrected chi connectivity index (χ4v) is 6.16. The first-order chi connectivity index (χ1) is 30.5. The molecule has 0 aromatic carbocycles. The maximum absolute atomic E-state index is 12.8. The first-order valence-corrected chi connectivity index (χ1v) is 24.7. The van der Waals surface area contributed by atoms with E-state index in [0.717, 1.165) is 103 Å². The fourth-order valence-electron chi connectivity index (χ4n) is 6.16. The van der Waals surface area contributed by atoms with Gasteiger partial charge < -0.3 is 14.2 Å². The van der Waals surface area contributed by atoms with E-state index >= 15 is 0 Å². The average molecular weight is 857 g/mol. The van der Waals surface area contributed by atoms with Crippen LogP contribution in [0.2, 0.25) is 0 Å². The lowest BCUT2D eigenvalue weighted by Gasteiger charge is -2.18. The summed E-state index contributed by atoms with van der Waals surface area (Å²) in [5.41, 5.74) is 0. The van der Waals surface area contributed by atoms with E-state index in [0.29, 0.717) is 19.3 Å². The molecule has 1 unspecified atom stereocenters. The second-order valence-corrected chi connectivity index (χ2v) is 15.8. The lowest BCUT2D eigenvalue weighted by atomic mass is 10.1. The Labute approximate surface area is 380 Å². The Morgan fingerprint density at radius 1 is 0.339 bits per heavy atom. The summed E-state index contributed by atoms with van der Waals surface area (Å²) in [6.45, 7) is 6.33. The van der Waals surface area contributed by atoms with Crippen molar-refractivity contribution in [3.05, 3.63) is 122 Å². The van der Waals surface area contributed by atoms with E-state index in [1.807, 2.05) is 48.6 Å². The summed E-state index contributed by atoms with van der Waals surface area (Å²) in [4.78, 5) is 37.9. The third kappa shape index (κ3) is 46.9. The van der Waals surface area contributed by atoms with Gasteiger partial charge in [0.2, 0.25) is 0 Å². The molecular formula is C56H88O6. The third-order valence-corrected chi connectivity index (χ3v) is 9.89. The quantitative estimate of drug-likeness (QED) is 0.0200. The van der Waals surface area contributed by atoms with Gasteiger partial charge in [0.1, 0.15) is 13.2 Å². The van der Waals surface area contributed by atoms with Gasteiger partial charge in [0.15, 0.2) is 6.10 Å². The van der Waals surface area contributed by atoms with Crippen molar-refractivity contribution in [1.29, 1.82) is 0 Å². The van der Waals surface area contributed by atoms with Gasteiger partial charge in [0, 0.05) is 19.3 Å². The largest absolute Gasteiger partial charge is 0.462 e. The Kier molecular flexibility index (Phi) is 46.1. The highest BCUT2D eigenvalue weighted by atomic mass is 16.6. The Morgan fingerprint density at radius 2 is 0.661 bits per heavy atom. The van der Waals surface area contributed by atoms with Crippen LogP contribution in [0.3, 0.4) is 0 Å². The molecule has 0 aliphatic heterocycles.